The summed E-state index contributed by atoms with van der Waals surface area (Å²) >= 11 is 0. The molecule has 0 aliphatic heterocycles. The Labute approximate surface area is 142 Å². The number of rotatable bonds is 5. The summed E-state index contributed by atoms with van der Waals surface area (Å²) in [6.07, 6.45) is 2.62. The second-order valence-electron chi connectivity index (χ2n) is 5.01. The number of carbonyl (C=O) groups is 2. The van der Waals surface area contributed by atoms with E-state index in [2.05, 4.69) is 15.5 Å². The zero-order chi connectivity index (χ0) is 18.4. The van der Waals surface area contributed by atoms with Crippen molar-refractivity contribution in [1.82, 2.24) is 15.9 Å². The van der Waals surface area contributed by atoms with Gasteiger partial charge in [0, 0.05) is 28.5 Å². The molecule has 5 N–H and O–H groups in total. The van der Waals surface area contributed by atoms with Crippen molar-refractivity contribution in [2.75, 3.05) is 0 Å². The molecule has 0 saturated carbocycles. The van der Waals surface area contributed by atoms with Crippen molar-refractivity contribution in [2.45, 2.75) is 13.5 Å². The third-order valence-corrected chi connectivity index (χ3v) is 3.40. The quantitative estimate of drug-likeness (QED) is 0.303. The van der Waals surface area contributed by atoms with Crippen LogP contribution in [0.25, 0.3) is 0 Å². The minimum absolute atomic E-state index is 0.135. The highest BCUT2D eigenvalue weighted by molar-refractivity contribution is 5.98. The Morgan fingerprint density at radius 2 is 1.80 bits per heavy atom. The van der Waals surface area contributed by atoms with Crippen molar-refractivity contribution in [3.63, 3.8) is 0 Å². The number of hydroxylamine groups is 1. The summed E-state index contributed by atoms with van der Waals surface area (Å²) in [6.45, 7) is 1.25. The maximum atomic E-state index is 12.0. The first-order chi connectivity index (χ1) is 12.0. The standard InChI is InChI=1S/C16H16N4O5/c1-9-14(22)13(12(8-21)6-17-9)7-18-19-15(23)10-2-4-11(5-3-10)16(24)20-25/h2-7,21-22,25H,8H2,1H3,(H,19,23)(H,20,24)/b18-7+. The summed E-state index contributed by atoms with van der Waals surface area (Å²) in [5.41, 5.74) is 5.17. The highest BCUT2D eigenvalue weighted by Gasteiger charge is 2.10. The van der Waals surface area contributed by atoms with Crippen LogP contribution in [0.3, 0.4) is 0 Å². The maximum absolute atomic E-state index is 12.0. The maximum Gasteiger partial charge on any atom is 0.274 e. The molecule has 0 aliphatic carbocycles. The minimum atomic E-state index is -0.690. The van der Waals surface area contributed by atoms with Gasteiger partial charge in [-0.2, -0.15) is 5.10 Å². The molecule has 9 heteroatoms. The average molecular weight is 344 g/mol. The Morgan fingerprint density at radius 1 is 1.20 bits per heavy atom. The van der Waals surface area contributed by atoms with Crippen LogP contribution in [0.1, 0.15) is 37.5 Å². The molecule has 0 saturated heterocycles. The topological polar surface area (TPSA) is 144 Å². The Hall–Kier alpha value is -3.30. The molecule has 2 rings (SSSR count). The van der Waals surface area contributed by atoms with Crippen LogP contribution in [0.4, 0.5) is 0 Å². The molecule has 2 amide bonds. The molecule has 2 aromatic rings. The van der Waals surface area contributed by atoms with E-state index in [1.54, 1.807) is 6.92 Å². The van der Waals surface area contributed by atoms with Gasteiger partial charge in [-0.05, 0) is 31.2 Å². The lowest BCUT2D eigenvalue weighted by atomic mass is 10.1. The molecule has 25 heavy (non-hydrogen) atoms. The van der Waals surface area contributed by atoms with Gasteiger partial charge in [0.1, 0.15) is 5.75 Å². The molecule has 1 heterocycles. The monoisotopic (exact) mass is 344 g/mol. The van der Waals surface area contributed by atoms with Gasteiger partial charge in [0.15, 0.2) is 0 Å². The Balaban J connectivity index is 2.11. The number of benzene rings is 1. The van der Waals surface area contributed by atoms with Crippen LogP contribution >= 0.6 is 0 Å². The number of aliphatic hydroxyl groups excluding tert-OH is 1. The summed E-state index contributed by atoms with van der Waals surface area (Å²) < 4.78 is 0. The van der Waals surface area contributed by atoms with Crippen molar-refractivity contribution in [3.05, 3.63) is 58.4 Å². The van der Waals surface area contributed by atoms with Gasteiger partial charge < -0.3 is 10.2 Å². The molecule has 9 nitrogen and oxygen atoms in total. The van der Waals surface area contributed by atoms with Crippen molar-refractivity contribution >= 4 is 18.0 Å². The number of aromatic nitrogens is 1. The average Bonchev–Trinajstić information content (AvgIpc) is 2.64. The predicted molar refractivity (Wildman–Crippen MR) is 87.3 cm³/mol. The van der Waals surface area contributed by atoms with Gasteiger partial charge >= 0.3 is 0 Å². The first-order valence-corrected chi connectivity index (χ1v) is 7.14. The fraction of sp³-hybridized carbons (Fsp3) is 0.125. The van der Waals surface area contributed by atoms with E-state index in [4.69, 9.17) is 5.21 Å². The highest BCUT2D eigenvalue weighted by Crippen LogP contribution is 2.21. The summed E-state index contributed by atoms with van der Waals surface area (Å²) in [4.78, 5) is 27.1. The lowest BCUT2D eigenvalue weighted by Gasteiger charge is -2.07. The molecule has 0 unspecified atom stereocenters. The number of aromatic hydroxyl groups is 1. The van der Waals surface area contributed by atoms with Crippen molar-refractivity contribution in [1.29, 1.82) is 0 Å². The Kier molecular flexibility index (Phi) is 5.77. The molecule has 0 aliphatic rings. The summed E-state index contributed by atoms with van der Waals surface area (Å²) in [5.74, 6) is -1.36. The van der Waals surface area contributed by atoms with E-state index in [0.717, 1.165) is 0 Å². The highest BCUT2D eigenvalue weighted by atomic mass is 16.5. The van der Waals surface area contributed by atoms with E-state index in [-0.39, 0.29) is 29.0 Å². The van der Waals surface area contributed by atoms with E-state index < -0.39 is 11.8 Å². The molecular formula is C16H16N4O5. The van der Waals surface area contributed by atoms with Crippen molar-refractivity contribution < 1.29 is 25.0 Å². The molecule has 130 valence electrons. The summed E-state index contributed by atoms with van der Waals surface area (Å²) in [5, 5.41) is 31.5. The molecule has 1 aromatic heterocycles. The Morgan fingerprint density at radius 3 is 2.36 bits per heavy atom. The van der Waals surface area contributed by atoms with Crippen LogP contribution in [0.15, 0.2) is 35.6 Å². The van der Waals surface area contributed by atoms with Crippen LogP contribution in [0, 0.1) is 6.92 Å². The number of hydrazone groups is 1. The van der Waals surface area contributed by atoms with Gasteiger partial charge in [0.25, 0.3) is 11.8 Å². The van der Waals surface area contributed by atoms with Crippen LogP contribution in [0.5, 0.6) is 5.75 Å². The van der Waals surface area contributed by atoms with E-state index >= 15 is 0 Å². The van der Waals surface area contributed by atoms with Gasteiger partial charge in [-0.3, -0.25) is 19.8 Å². The largest absolute Gasteiger partial charge is 0.505 e. The van der Waals surface area contributed by atoms with Gasteiger partial charge in [-0.1, -0.05) is 0 Å². The smallest absolute Gasteiger partial charge is 0.274 e. The summed E-state index contributed by atoms with van der Waals surface area (Å²) in [6, 6.07) is 5.52. The van der Waals surface area contributed by atoms with Gasteiger partial charge in [0.2, 0.25) is 0 Å². The number of carbonyl (C=O) groups excluding carboxylic acids is 2. The number of aliphatic hydroxyl groups is 1. The first-order valence-electron chi connectivity index (χ1n) is 7.14. The van der Waals surface area contributed by atoms with E-state index in [0.29, 0.717) is 11.3 Å². The summed E-state index contributed by atoms with van der Waals surface area (Å²) in [7, 11) is 0. The second kappa shape index (κ2) is 7.99. The fourth-order valence-electron chi connectivity index (χ4n) is 1.98. The number of nitrogens with one attached hydrogen (secondary N) is 2. The minimum Gasteiger partial charge on any atom is -0.505 e. The third kappa shape index (κ3) is 4.16. The molecule has 1 aromatic carbocycles. The molecule has 0 atom stereocenters. The SMILES string of the molecule is Cc1ncc(CO)c(/C=N/NC(=O)c2ccc(C(=O)NO)cc2)c1O. The molecular weight excluding hydrogens is 328 g/mol. The van der Waals surface area contributed by atoms with Crippen molar-refractivity contribution in [3.8, 4) is 5.75 Å². The lowest BCUT2D eigenvalue weighted by molar-refractivity contribution is 0.0706. The van der Waals surface area contributed by atoms with Gasteiger partial charge in [-0.25, -0.2) is 10.9 Å². The Bertz CT molecular complexity index is 818. The van der Waals surface area contributed by atoms with E-state index in [1.165, 1.54) is 42.2 Å². The number of amides is 2. The van der Waals surface area contributed by atoms with Crippen molar-refractivity contribution in [2.24, 2.45) is 5.10 Å². The number of pyridine rings is 1. The normalized spacial score (nSPS) is 10.7. The lowest BCUT2D eigenvalue weighted by Crippen LogP contribution is -2.20. The first kappa shape index (κ1) is 18.0. The number of nitrogens with zero attached hydrogens (tertiary/aromatic N) is 2. The van der Waals surface area contributed by atoms with Gasteiger partial charge in [-0.15, -0.1) is 0 Å². The predicted octanol–water partition coefficient (Wildman–Crippen LogP) is 0.471. The second-order valence-corrected chi connectivity index (χ2v) is 5.01. The van der Waals surface area contributed by atoms with Crippen LogP contribution in [0.2, 0.25) is 0 Å². The number of hydrogen-bond donors (Lipinski definition) is 5. The molecule has 0 bridgehead atoms. The van der Waals surface area contributed by atoms with Crippen LogP contribution < -0.4 is 10.9 Å². The van der Waals surface area contributed by atoms with Crippen LogP contribution in [-0.2, 0) is 6.61 Å². The number of aryl methyl sites for hydroxylation is 1. The van der Waals surface area contributed by atoms with Crippen LogP contribution in [-0.4, -0.2) is 38.4 Å². The fourth-order valence-corrected chi connectivity index (χ4v) is 1.98. The zero-order valence-corrected chi connectivity index (χ0v) is 13.2. The van der Waals surface area contributed by atoms with Gasteiger partial charge in [0.05, 0.1) is 18.5 Å². The molecule has 0 fully saturated rings. The molecule has 0 spiro atoms. The van der Waals surface area contributed by atoms with E-state index in [1.807, 2.05) is 0 Å². The number of hydrogen-bond acceptors (Lipinski definition) is 7. The van der Waals surface area contributed by atoms with E-state index in [9.17, 15) is 19.8 Å². The third-order valence-electron chi connectivity index (χ3n) is 3.40. The zero-order valence-electron chi connectivity index (χ0n) is 13.2. The molecule has 0 radical (unpaired) electrons.